The van der Waals surface area contributed by atoms with E-state index < -0.39 is 0 Å². The van der Waals surface area contributed by atoms with E-state index in [0.717, 1.165) is 19.4 Å². The monoisotopic (exact) mass is 301 g/mol. The summed E-state index contributed by atoms with van der Waals surface area (Å²) in [6.45, 7) is 2.92. The molecule has 1 N–H and O–H groups in total. The number of anilines is 1. The SMILES string of the molecule is CCCCNc1nc(Cl)nc(Cl)n1.c1cnnnc1. The number of nitrogens with zero attached hydrogens (tertiary/aromatic N) is 6. The third kappa shape index (κ3) is 7.43. The molecule has 0 aromatic carbocycles. The molecule has 7 nitrogen and oxygen atoms in total. The van der Waals surface area contributed by atoms with Crippen molar-refractivity contribution in [2.24, 2.45) is 0 Å². The Morgan fingerprint density at radius 1 is 1.05 bits per heavy atom. The van der Waals surface area contributed by atoms with Crippen LogP contribution in [0.15, 0.2) is 18.5 Å². The first-order valence-corrected chi connectivity index (χ1v) is 6.37. The Bertz CT molecular complexity index is 422. The van der Waals surface area contributed by atoms with Crippen LogP contribution < -0.4 is 5.32 Å². The van der Waals surface area contributed by atoms with Gasteiger partial charge in [0, 0.05) is 6.54 Å². The standard InChI is InChI=1S/C7H10Cl2N4.C3H3N3/c1-2-3-4-10-7-12-5(8)11-6(9)13-7;1-2-4-6-5-3-1/h2-4H2,1H3,(H,10,11,12,13);1-3H. The Kier molecular flexibility index (Phi) is 7.60. The van der Waals surface area contributed by atoms with Gasteiger partial charge in [-0.1, -0.05) is 13.3 Å². The van der Waals surface area contributed by atoms with Crippen molar-refractivity contribution in [1.82, 2.24) is 30.4 Å². The van der Waals surface area contributed by atoms with Gasteiger partial charge in [0.15, 0.2) is 0 Å². The molecule has 0 aliphatic rings. The second-order valence-electron chi connectivity index (χ2n) is 3.29. The summed E-state index contributed by atoms with van der Waals surface area (Å²) in [4.78, 5) is 11.3. The number of rotatable bonds is 4. The zero-order valence-electron chi connectivity index (χ0n) is 10.3. The molecule has 2 rings (SSSR count). The molecule has 0 unspecified atom stereocenters. The van der Waals surface area contributed by atoms with E-state index in [1.165, 1.54) is 0 Å². The van der Waals surface area contributed by atoms with Crippen molar-refractivity contribution in [3.8, 4) is 0 Å². The molecular formula is C10H13Cl2N7. The number of halogens is 2. The van der Waals surface area contributed by atoms with Crippen LogP contribution in [-0.2, 0) is 0 Å². The highest BCUT2D eigenvalue weighted by molar-refractivity contribution is 6.31. The van der Waals surface area contributed by atoms with Gasteiger partial charge in [0.25, 0.3) is 0 Å². The number of aromatic nitrogens is 6. The molecule has 0 saturated heterocycles. The second-order valence-corrected chi connectivity index (χ2v) is 3.96. The third-order valence-corrected chi connectivity index (χ3v) is 2.14. The van der Waals surface area contributed by atoms with Crippen LogP contribution in [0.2, 0.25) is 10.6 Å². The molecule has 2 heterocycles. The van der Waals surface area contributed by atoms with E-state index >= 15 is 0 Å². The molecule has 0 radical (unpaired) electrons. The molecule has 19 heavy (non-hydrogen) atoms. The van der Waals surface area contributed by atoms with Crippen molar-refractivity contribution in [2.45, 2.75) is 19.8 Å². The summed E-state index contributed by atoms with van der Waals surface area (Å²) < 4.78 is 0. The lowest BCUT2D eigenvalue weighted by molar-refractivity contribution is 0.824. The van der Waals surface area contributed by atoms with Gasteiger partial charge in [-0.25, -0.2) is 0 Å². The zero-order chi connectivity index (χ0) is 13.9. The van der Waals surface area contributed by atoms with Gasteiger partial charge in [0.05, 0.1) is 12.4 Å². The zero-order valence-corrected chi connectivity index (χ0v) is 11.8. The fourth-order valence-electron chi connectivity index (χ4n) is 0.987. The van der Waals surface area contributed by atoms with Crippen molar-refractivity contribution >= 4 is 29.2 Å². The number of unbranched alkanes of at least 4 members (excludes halogenated alkanes) is 1. The van der Waals surface area contributed by atoms with Crippen LogP contribution in [0.4, 0.5) is 5.95 Å². The molecule has 9 heteroatoms. The Balaban J connectivity index is 0.000000250. The van der Waals surface area contributed by atoms with Gasteiger partial charge < -0.3 is 5.32 Å². The van der Waals surface area contributed by atoms with Crippen LogP contribution in [-0.4, -0.2) is 36.9 Å². The number of hydrogen-bond donors (Lipinski definition) is 1. The van der Waals surface area contributed by atoms with E-state index in [0.29, 0.717) is 5.95 Å². The van der Waals surface area contributed by atoms with Crippen molar-refractivity contribution in [3.63, 3.8) is 0 Å². The van der Waals surface area contributed by atoms with Gasteiger partial charge in [-0.05, 0) is 40.9 Å². The van der Waals surface area contributed by atoms with E-state index in [-0.39, 0.29) is 10.6 Å². The van der Waals surface area contributed by atoms with E-state index in [1.54, 1.807) is 18.5 Å². The van der Waals surface area contributed by atoms with E-state index in [2.05, 4.69) is 42.6 Å². The van der Waals surface area contributed by atoms with Gasteiger partial charge in [0.1, 0.15) is 0 Å². The quantitative estimate of drug-likeness (QED) is 0.866. The molecular weight excluding hydrogens is 289 g/mol. The lowest BCUT2D eigenvalue weighted by Gasteiger charge is -2.02. The predicted octanol–water partition coefficient (Wildman–Crippen LogP) is 2.26. The van der Waals surface area contributed by atoms with Crippen molar-refractivity contribution in [2.75, 3.05) is 11.9 Å². The van der Waals surface area contributed by atoms with E-state index in [1.807, 2.05) is 0 Å². The molecule has 0 aliphatic carbocycles. The second kappa shape index (κ2) is 9.35. The lowest BCUT2D eigenvalue weighted by Crippen LogP contribution is -2.06. The Labute approximate surface area is 120 Å². The Morgan fingerprint density at radius 2 is 1.68 bits per heavy atom. The molecule has 0 fully saturated rings. The average molecular weight is 302 g/mol. The van der Waals surface area contributed by atoms with E-state index in [4.69, 9.17) is 23.2 Å². The van der Waals surface area contributed by atoms with Crippen LogP contribution in [0.3, 0.4) is 0 Å². The Hall–Kier alpha value is -1.60. The maximum absolute atomic E-state index is 5.58. The first-order valence-electron chi connectivity index (χ1n) is 5.61. The summed E-state index contributed by atoms with van der Waals surface area (Å²) in [6, 6.07) is 1.72. The summed E-state index contributed by atoms with van der Waals surface area (Å²) in [7, 11) is 0. The summed E-state index contributed by atoms with van der Waals surface area (Å²) in [5.41, 5.74) is 0. The Morgan fingerprint density at radius 3 is 2.11 bits per heavy atom. The van der Waals surface area contributed by atoms with Gasteiger partial charge in [0.2, 0.25) is 16.5 Å². The highest BCUT2D eigenvalue weighted by Crippen LogP contribution is 2.09. The summed E-state index contributed by atoms with van der Waals surface area (Å²) in [5, 5.41) is 13.3. The predicted molar refractivity (Wildman–Crippen MR) is 73.1 cm³/mol. The molecule has 2 aromatic heterocycles. The van der Waals surface area contributed by atoms with Crippen molar-refractivity contribution in [3.05, 3.63) is 29.0 Å². The maximum Gasteiger partial charge on any atom is 0.228 e. The van der Waals surface area contributed by atoms with Crippen molar-refractivity contribution < 1.29 is 0 Å². The van der Waals surface area contributed by atoms with Crippen LogP contribution >= 0.6 is 23.2 Å². The molecule has 0 aliphatic heterocycles. The lowest BCUT2D eigenvalue weighted by atomic mass is 10.3. The fraction of sp³-hybridized carbons (Fsp3) is 0.400. The van der Waals surface area contributed by atoms with Gasteiger partial charge in [-0.15, -0.1) is 10.2 Å². The van der Waals surface area contributed by atoms with Crippen molar-refractivity contribution in [1.29, 1.82) is 0 Å². The minimum absolute atomic E-state index is 0.110. The minimum atomic E-state index is 0.110. The average Bonchev–Trinajstić information content (AvgIpc) is 2.41. The van der Waals surface area contributed by atoms with Crippen LogP contribution in [0, 0.1) is 0 Å². The normalized spacial score (nSPS) is 9.42. The molecule has 0 spiro atoms. The first-order chi connectivity index (χ1) is 9.22. The third-order valence-electron chi connectivity index (χ3n) is 1.80. The number of hydrogen-bond acceptors (Lipinski definition) is 7. The van der Waals surface area contributed by atoms with Crippen LogP contribution in [0.1, 0.15) is 19.8 Å². The largest absolute Gasteiger partial charge is 0.354 e. The van der Waals surface area contributed by atoms with Gasteiger partial charge >= 0.3 is 0 Å². The summed E-state index contributed by atoms with van der Waals surface area (Å²) in [6.07, 6.45) is 5.32. The number of nitrogens with one attached hydrogen (secondary N) is 1. The van der Waals surface area contributed by atoms with Crippen LogP contribution in [0.25, 0.3) is 0 Å². The van der Waals surface area contributed by atoms with Gasteiger partial charge in [-0.2, -0.15) is 15.0 Å². The molecule has 0 atom stereocenters. The maximum atomic E-state index is 5.58. The first kappa shape index (κ1) is 15.5. The van der Waals surface area contributed by atoms with Crippen LogP contribution in [0.5, 0.6) is 0 Å². The summed E-state index contributed by atoms with van der Waals surface area (Å²) in [5.74, 6) is 0.429. The molecule has 2 aromatic rings. The molecule has 0 amide bonds. The smallest absolute Gasteiger partial charge is 0.228 e. The molecule has 0 bridgehead atoms. The highest BCUT2D eigenvalue weighted by Gasteiger charge is 2.01. The topological polar surface area (TPSA) is 89.4 Å². The molecule has 102 valence electrons. The molecule has 0 saturated carbocycles. The minimum Gasteiger partial charge on any atom is -0.354 e. The highest BCUT2D eigenvalue weighted by atomic mass is 35.5. The van der Waals surface area contributed by atoms with E-state index in [9.17, 15) is 0 Å². The van der Waals surface area contributed by atoms with Gasteiger partial charge in [-0.3, -0.25) is 0 Å². The summed E-state index contributed by atoms with van der Waals surface area (Å²) >= 11 is 11.2. The fourth-order valence-corrected chi connectivity index (χ4v) is 1.35.